The number of benzene rings is 1. The average molecular weight is 391 g/mol. The van der Waals surface area contributed by atoms with Crippen molar-refractivity contribution in [1.82, 2.24) is 10.3 Å². The second-order valence-electron chi connectivity index (χ2n) is 5.27. The van der Waals surface area contributed by atoms with Crippen molar-refractivity contribution in [3.63, 3.8) is 0 Å². The number of hydrogen-bond donors (Lipinski definition) is 1. The number of aromatic nitrogens is 1. The maximum Gasteiger partial charge on any atom is 0.255 e. The first kappa shape index (κ1) is 18.0. The van der Waals surface area contributed by atoms with Gasteiger partial charge in [0.25, 0.3) is 5.91 Å². The second kappa shape index (κ2) is 8.03. The number of thiazole rings is 1. The summed E-state index contributed by atoms with van der Waals surface area (Å²) in [5, 5.41) is 6.08. The fourth-order valence-electron chi connectivity index (χ4n) is 2.34. The van der Waals surface area contributed by atoms with E-state index in [-0.39, 0.29) is 5.91 Å². The Morgan fingerprint density at radius 3 is 2.84 bits per heavy atom. The van der Waals surface area contributed by atoms with Crippen molar-refractivity contribution < 1.29 is 9.53 Å². The fraction of sp³-hybridized carbons (Fsp3) is 0.222. The summed E-state index contributed by atoms with van der Waals surface area (Å²) in [6.07, 6.45) is 1.99. The lowest BCUT2D eigenvalue weighted by molar-refractivity contribution is 0.0948. The zero-order chi connectivity index (χ0) is 17.8. The third-order valence-corrected chi connectivity index (χ3v) is 6.22. The van der Waals surface area contributed by atoms with Crippen LogP contribution in [0.3, 0.4) is 0 Å². The van der Waals surface area contributed by atoms with E-state index in [1.165, 1.54) is 0 Å². The van der Waals surface area contributed by atoms with E-state index in [9.17, 15) is 4.79 Å². The molecule has 2 aromatic heterocycles. The molecule has 0 atom stereocenters. The number of hydrogen-bond acceptors (Lipinski definition) is 6. The van der Waals surface area contributed by atoms with Crippen molar-refractivity contribution >= 4 is 40.3 Å². The predicted octanol–water partition coefficient (Wildman–Crippen LogP) is 4.84. The molecule has 25 heavy (non-hydrogen) atoms. The zero-order valence-electron chi connectivity index (χ0n) is 14.2. The van der Waals surface area contributed by atoms with Gasteiger partial charge in [0.05, 0.1) is 34.8 Å². The first-order valence-electron chi connectivity index (χ1n) is 7.62. The number of nitrogens with one attached hydrogen (secondary N) is 1. The summed E-state index contributed by atoms with van der Waals surface area (Å²) in [4.78, 5) is 20.2. The number of ether oxygens (including phenoxy) is 1. The molecule has 0 saturated carbocycles. The average Bonchev–Trinajstić information content (AvgIpc) is 3.27. The molecule has 0 fully saturated rings. The summed E-state index contributed by atoms with van der Waals surface area (Å²) >= 11 is 4.90. The lowest BCUT2D eigenvalue weighted by Crippen LogP contribution is -2.22. The molecule has 0 aliphatic rings. The molecule has 0 aliphatic heterocycles. The van der Waals surface area contributed by atoms with Gasteiger partial charge in [0, 0.05) is 15.2 Å². The van der Waals surface area contributed by atoms with Gasteiger partial charge in [-0.1, -0.05) is 0 Å². The lowest BCUT2D eigenvalue weighted by Gasteiger charge is -2.10. The SMILES string of the molecule is COc1cc(SC)ccc1C(=O)NCc1ccc(-c2csc(C)n2)s1. The van der Waals surface area contributed by atoms with E-state index >= 15 is 0 Å². The van der Waals surface area contributed by atoms with Crippen molar-refractivity contribution in [2.75, 3.05) is 13.4 Å². The summed E-state index contributed by atoms with van der Waals surface area (Å²) in [5.41, 5.74) is 1.55. The van der Waals surface area contributed by atoms with Gasteiger partial charge in [0.15, 0.2) is 0 Å². The Balaban J connectivity index is 1.68. The highest BCUT2D eigenvalue weighted by atomic mass is 32.2. The van der Waals surface area contributed by atoms with E-state index in [4.69, 9.17) is 4.74 Å². The highest BCUT2D eigenvalue weighted by Gasteiger charge is 2.13. The smallest absolute Gasteiger partial charge is 0.255 e. The van der Waals surface area contributed by atoms with Crippen molar-refractivity contribution in [1.29, 1.82) is 0 Å². The van der Waals surface area contributed by atoms with Gasteiger partial charge in [0.1, 0.15) is 5.75 Å². The van der Waals surface area contributed by atoms with Gasteiger partial charge in [-0.2, -0.15) is 0 Å². The van der Waals surface area contributed by atoms with E-state index in [0.29, 0.717) is 17.9 Å². The molecule has 0 aliphatic carbocycles. The number of nitrogens with zero attached hydrogens (tertiary/aromatic N) is 1. The molecule has 1 amide bonds. The van der Waals surface area contributed by atoms with E-state index in [2.05, 4.69) is 21.7 Å². The van der Waals surface area contributed by atoms with Gasteiger partial charge >= 0.3 is 0 Å². The van der Waals surface area contributed by atoms with Crippen LogP contribution in [0.4, 0.5) is 0 Å². The number of methoxy groups -OCH3 is 1. The summed E-state index contributed by atoms with van der Waals surface area (Å²) in [6.45, 7) is 2.48. The van der Waals surface area contributed by atoms with Crippen LogP contribution in [0.1, 0.15) is 20.2 Å². The molecular weight excluding hydrogens is 372 g/mol. The molecule has 2 heterocycles. The molecule has 0 bridgehead atoms. The Labute approximate surface area is 159 Å². The Morgan fingerprint density at radius 1 is 1.32 bits per heavy atom. The van der Waals surface area contributed by atoms with E-state index in [0.717, 1.165) is 25.4 Å². The molecule has 0 radical (unpaired) electrons. The number of rotatable bonds is 6. The molecular formula is C18H18N2O2S3. The minimum Gasteiger partial charge on any atom is -0.496 e. The number of carbonyl (C=O) groups is 1. The number of carbonyl (C=O) groups excluding carboxylic acids is 1. The summed E-state index contributed by atoms with van der Waals surface area (Å²) in [6, 6.07) is 9.69. The summed E-state index contributed by atoms with van der Waals surface area (Å²) in [7, 11) is 1.58. The molecule has 0 unspecified atom stereocenters. The molecule has 3 rings (SSSR count). The Bertz CT molecular complexity index is 886. The standard InChI is InChI=1S/C18H18N2O2S3/c1-11-20-15(10-24-11)17-7-5-13(25-17)9-19-18(21)14-6-4-12(23-3)8-16(14)22-2/h4-8,10H,9H2,1-3H3,(H,19,21). The zero-order valence-corrected chi connectivity index (χ0v) is 16.6. The molecule has 130 valence electrons. The topological polar surface area (TPSA) is 51.2 Å². The Hall–Kier alpha value is -1.83. The largest absolute Gasteiger partial charge is 0.496 e. The van der Waals surface area contributed by atoms with Crippen LogP contribution < -0.4 is 10.1 Å². The summed E-state index contributed by atoms with van der Waals surface area (Å²) < 4.78 is 5.35. The van der Waals surface area contributed by atoms with Crippen molar-refractivity contribution in [3.8, 4) is 16.3 Å². The maximum atomic E-state index is 12.5. The van der Waals surface area contributed by atoms with Crippen LogP contribution in [-0.4, -0.2) is 24.3 Å². The Morgan fingerprint density at radius 2 is 2.16 bits per heavy atom. The van der Waals surface area contributed by atoms with Gasteiger partial charge in [-0.05, 0) is 43.5 Å². The minimum atomic E-state index is -0.135. The first-order chi connectivity index (χ1) is 12.1. The van der Waals surface area contributed by atoms with Crippen molar-refractivity contribution in [2.45, 2.75) is 18.4 Å². The van der Waals surface area contributed by atoms with Crippen LogP contribution in [0.5, 0.6) is 5.75 Å². The third kappa shape index (κ3) is 4.23. The number of aryl methyl sites for hydroxylation is 1. The number of amides is 1. The van der Waals surface area contributed by atoms with E-state index in [1.807, 2.05) is 31.4 Å². The van der Waals surface area contributed by atoms with Crippen LogP contribution in [0.25, 0.3) is 10.6 Å². The quantitative estimate of drug-likeness (QED) is 0.612. The summed E-state index contributed by atoms with van der Waals surface area (Å²) in [5.74, 6) is 0.457. The van der Waals surface area contributed by atoms with Gasteiger partial charge in [-0.3, -0.25) is 4.79 Å². The highest BCUT2D eigenvalue weighted by Crippen LogP contribution is 2.29. The van der Waals surface area contributed by atoms with Crippen LogP contribution in [0.15, 0.2) is 40.6 Å². The van der Waals surface area contributed by atoms with E-state index in [1.54, 1.807) is 47.6 Å². The molecule has 7 heteroatoms. The van der Waals surface area contributed by atoms with Gasteiger partial charge in [-0.15, -0.1) is 34.4 Å². The van der Waals surface area contributed by atoms with Crippen LogP contribution in [-0.2, 0) is 6.54 Å². The van der Waals surface area contributed by atoms with E-state index < -0.39 is 0 Å². The molecule has 3 aromatic rings. The van der Waals surface area contributed by atoms with Crippen LogP contribution in [0.2, 0.25) is 0 Å². The molecule has 0 spiro atoms. The molecule has 0 saturated heterocycles. The van der Waals surface area contributed by atoms with Crippen LogP contribution in [0, 0.1) is 6.92 Å². The maximum absolute atomic E-state index is 12.5. The fourth-order valence-corrected chi connectivity index (χ4v) is 4.36. The molecule has 4 nitrogen and oxygen atoms in total. The van der Waals surface area contributed by atoms with Crippen molar-refractivity contribution in [3.05, 3.63) is 51.2 Å². The molecule has 1 N–H and O–H groups in total. The number of thiophene rings is 1. The predicted molar refractivity (Wildman–Crippen MR) is 106 cm³/mol. The monoisotopic (exact) mass is 390 g/mol. The van der Waals surface area contributed by atoms with Crippen molar-refractivity contribution in [2.24, 2.45) is 0 Å². The van der Waals surface area contributed by atoms with Gasteiger partial charge in [-0.25, -0.2) is 4.98 Å². The highest BCUT2D eigenvalue weighted by molar-refractivity contribution is 7.98. The normalized spacial score (nSPS) is 10.7. The van der Waals surface area contributed by atoms with Crippen LogP contribution >= 0.6 is 34.4 Å². The first-order valence-corrected chi connectivity index (χ1v) is 10.5. The Kier molecular flexibility index (Phi) is 5.78. The lowest BCUT2D eigenvalue weighted by atomic mass is 10.2. The second-order valence-corrected chi connectivity index (χ2v) is 8.38. The number of thioether (sulfide) groups is 1. The minimum absolute atomic E-state index is 0.135. The third-order valence-electron chi connectivity index (χ3n) is 3.61. The van der Waals surface area contributed by atoms with Gasteiger partial charge < -0.3 is 10.1 Å². The molecule has 1 aromatic carbocycles. The van der Waals surface area contributed by atoms with Gasteiger partial charge in [0.2, 0.25) is 0 Å².